The van der Waals surface area contributed by atoms with E-state index in [1.807, 2.05) is 0 Å². The van der Waals surface area contributed by atoms with Crippen LogP contribution in [0.1, 0.15) is 12.5 Å². The predicted octanol–water partition coefficient (Wildman–Crippen LogP) is 6.37. The first-order valence-electron chi connectivity index (χ1n) is 7.10. The van der Waals surface area contributed by atoms with E-state index in [2.05, 4.69) is 0 Å². The lowest BCUT2D eigenvalue weighted by Crippen LogP contribution is -2.10. The molecule has 25 heavy (non-hydrogen) atoms. The van der Waals surface area contributed by atoms with Crippen molar-refractivity contribution in [2.45, 2.75) is 13.1 Å². The van der Waals surface area contributed by atoms with Crippen LogP contribution in [-0.2, 0) is 15.3 Å². The minimum Gasteiger partial charge on any atom is -0.456 e. The molecule has 0 heterocycles. The maximum absolute atomic E-state index is 12.7. The third-order valence-corrected chi connectivity index (χ3v) is 6.77. The molecule has 0 saturated carbocycles. The van der Waals surface area contributed by atoms with E-state index in [4.69, 9.17) is 32.5 Å². The molecule has 0 aliphatic heterocycles. The van der Waals surface area contributed by atoms with Gasteiger partial charge in [-0.15, -0.1) is 0 Å². The fourth-order valence-electron chi connectivity index (χ4n) is 2.10. The summed E-state index contributed by atoms with van der Waals surface area (Å²) in [4.78, 5) is 0. The Kier molecular flexibility index (Phi) is 6.10. The van der Waals surface area contributed by atoms with Gasteiger partial charge in [0.25, 0.3) is 0 Å². The molecule has 0 aromatic heterocycles. The first-order valence-corrected chi connectivity index (χ1v) is 9.67. The van der Waals surface area contributed by atoms with E-state index in [1.54, 1.807) is 6.92 Å². The Hall–Kier alpha value is -1.20. The van der Waals surface area contributed by atoms with E-state index in [-0.39, 0.29) is 33.0 Å². The van der Waals surface area contributed by atoms with Crippen molar-refractivity contribution >= 4 is 35.9 Å². The van der Waals surface area contributed by atoms with Gasteiger partial charge in [0.15, 0.2) is 0 Å². The molecule has 0 fully saturated rings. The van der Waals surface area contributed by atoms with Gasteiger partial charge in [0.05, 0.1) is 20.9 Å². The van der Waals surface area contributed by atoms with Crippen molar-refractivity contribution in [2.75, 3.05) is 13.3 Å². The quantitative estimate of drug-likeness (QED) is 0.534. The molecule has 0 bridgehead atoms. The zero-order valence-electron chi connectivity index (χ0n) is 13.2. The molecule has 2 aromatic carbocycles. The Morgan fingerprint density at radius 3 is 2.28 bits per heavy atom. The van der Waals surface area contributed by atoms with Crippen LogP contribution in [-0.4, -0.2) is 13.3 Å². The second-order valence-electron chi connectivity index (χ2n) is 5.03. The van der Waals surface area contributed by atoms with Gasteiger partial charge in [0.1, 0.15) is 11.5 Å². The Bertz CT molecular complexity index is 817. The molecule has 136 valence electrons. The highest BCUT2D eigenvalue weighted by molar-refractivity contribution is 7.67. The molecule has 0 saturated heterocycles. The standard InChI is InChI=1S/C16H14Cl2F3O3P/c1-3-25(22,23-2)15-9-11(5-6-12(15)17)24-14-7-4-10(8-13(14)18)16(19,20)21/h4-9H,3H2,1-2H3. The van der Waals surface area contributed by atoms with Crippen molar-refractivity contribution in [1.29, 1.82) is 0 Å². The first-order chi connectivity index (χ1) is 11.6. The van der Waals surface area contributed by atoms with Crippen molar-refractivity contribution in [2.24, 2.45) is 0 Å². The monoisotopic (exact) mass is 412 g/mol. The Morgan fingerprint density at radius 2 is 1.76 bits per heavy atom. The van der Waals surface area contributed by atoms with Crippen molar-refractivity contribution < 1.29 is 27.0 Å². The molecule has 3 nitrogen and oxygen atoms in total. The Balaban J connectivity index is 2.37. The van der Waals surface area contributed by atoms with Gasteiger partial charge in [-0.05, 0) is 36.4 Å². The molecule has 2 aromatic rings. The van der Waals surface area contributed by atoms with Crippen LogP contribution in [0.4, 0.5) is 13.2 Å². The van der Waals surface area contributed by atoms with E-state index < -0.39 is 19.1 Å². The lowest BCUT2D eigenvalue weighted by Gasteiger charge is -2.17. The number of ether oxygens (including phenoxy) is 1. The number of hydrogen-bond donors (Lipinski definition) is 0. The summed E-state index contributed by atoms with van der Waals surface area (Å²) in [5.41, 5.74) is -0.878. The van der Waals surface area contributed by atoms with Crippen LogP contribution in [0.3, 0.4) is 0 Å². The summed E-state index contributed by atoms with van der Waals surface area (Å²) in [6, 6.07) is 7.17. The maximum Gasteiger partial charge on any atom is 0.416 e. The van der Waals surface area contributed by atoms with Crippen molar-refractivity contribution in [3.05, 3.63) is 52.0 Å². The van der Waals surface area contributed by atoms with Gasteiger partial charge in [0, 0.05) is 13.3 Å². The smallest absolute Gasteiger partial charge is 0.416 e. The Labute approximate surface area is 153 Å². The summed E-state index contributed by atoms with van der Waals surface area (Å²) < 4.78 is 61.3. The average molecular weight is 413 g/mol. The van der Waals surface area contributed by atoms with E-state index in [1.165, 1.54) is 25.3 Å². The molecule has 1 unspecified atom stereocenters. The molecule has 0 radical (unpaired) electrons. The van der Waals surface area contributed by atoms with E-state index in [0.29, 0.717) is 0 Å². The zero-order valence-corrected chi connectivity index (χ0v) is 15.6. The molecule has 0 spiro atoms. The topological polar surface area (TPSA) is 35.5 Å². The highest BCUT2D eigenvalue weighted by atomic mass is 35.5. The zero-order chi connectivity index (χ0) is 18.8. The molecule has 9 heteroatoms. The second-order valence-corrected chi connectivity index (χ2v) is 8.67. The van der Waals surface area contributed by atoms with Crippen LogP contribution in [0, 0.1) is 0 Å². The fraction of sp³-hybridized carbons (Fsp3) is 0.250. The lowest BCUT2D eigenvalue weighted by molar-refractivity contribution is -0.137. The van der Waals surface area contributed by atoms with Crippen LogP contribution in [0.2, 0.25) is 10.0 Å². The summed E-state index contributed by atoms with van der Waals surface area (Å²) in [7, 11) is -1.82. The number of benzene rings is 2. The van der Waals surface area contributed by atoms with Crippen molar-refractivity contribution in [3.8, 4) is 11.5 Å². The number of alkyl halides is 3. The van der Waals surface area contributed by atoms with Crippen LogP contribution in [0.25, 0.3) is 0 Å². The predicted molar refractivity (Wildman–Crippen MR) is 92.8 cm³/mol. The van der Waals surface area contributed by atoms with E-state index >= 15 is 0 Å². The molecule has 1 atom stereocenters. The molecular formula is C16H14Cl2F3O3P. The van der Waals surface area contributed by atoms with Gasteiger partial charge in [0.2, 0.25) is 7.37 Å². The summed E-state index contributed by atoms with van der Waals surface area (Å²) in [6.07, 6.45) is -4.27. The Morgan fingerprint density at radius 1 is 1.08 bits per heavy atom. The molecule has 0 N–H and O–H groups in total. The van der Waals surface area contributed by atoms with Crippen molar-refractivity contribution in [3.63, 3.8) is 0 Å². The van der Waals surface area contributed by atoms with Crippen LogP contribution in [0.5, 0.6) is 11.5 Å². The lowest BCUT2D eigenvalue weighted by atomic mass is 10.2. The minimum absolute atomic E-state index is 0.0340. The van der Waals surface area contributed by atoms with Crippen LogP contribution in [0.15, 0.2) is 36.4 Å². The van der Waals surface area contributed by atoms with Crippen LogP contribution >= 0.6 is 30.6 Å². The largest absolute Gasteiger partial charge is 0.456 e. The van der Waals surface area contributed by atoms with Gasteiger partial charge in [-0.1, -0.05) is 30.1 Å². The number of rotatable bonds is 5. The number of hydrogen-bond acceptors (Lipinski definition) is 3. The summed E-state index contributed by atoms with van der Waals surface area (Å²) in [5.74, 6) is 0.262. The first kappa shape index (κ1) is 20.1. The molecule has 2 rings (SSSR count). The van der Waals surface area contributed by atoms with Gasteiger partial charge in [-0.3, -0.25) is 4.57 Å². The summed E-state index contributed by atoms with van der Waals surface area (Å²) >= 11 is 12.0. The van der Waals surface area contributed by atoms with Gasteiger partial charge in [-0.25, -0.2) is 0 Å². The normalized spacial score (nSPS) is 14.2. The van der Waals surface area contributed by atoms with Gasteiger partial charge >= 0.3 is 6.18 Å². The fourth-order valence-corrected chi connectivity index (χ4v) is 4.34. The number of halogens is 5. The highest BCUT2D eigenvalue weighted by Gasteiger charge is 2.31. The second kappa shape index (κ2) is 7.58. The van der Waals surface area contributed by atoms with Gasteiger partial charge in [-0.2, -0.15) is 13.2 Å². The summed E-state index contributed by atoms with van der Waals surface area (Å²) in [6.45, 7) is 1.70. The molecule has 0 amide bonds. The minimum atomic E-state index is -4.50. The highest BCUT2D eigenvalue weighted by Crippen LogP contribution is 2.47. The maximum atomic E-state index is 12.7. The van der Waals surface area contributed by atoms with Crippen molar-refractivity contribution in [1.82, 2.24) is 0 Å². The summed E-state index contributed by atoms with van der Waals surface area (Å²) in [5, 5.41) is 0.328. The van der Waals surface area contributed by atoms with Crippen LogP contribution < -0.4 is 10.0 Å². The third kappa shape index (κ3) is 4.50. The molecule has 0 aliphatic carbocycles. The van der Waals surface area contributed by atoms with E-state index in [9.17, 15) is 17.7 Å². The molecular weight excluding hydrogens is 399 g/mol. The molecule has 0 aliphatic rings. The SMILES string of the molecule is CCP(=O)(OC)c1cc(Oc2ccc(C(F)(F)F)cc2Cl)ccc1Cl. The average Bonchev–Trinajstić information content (AvgIpc) is 2.56. The van der Waals surface area contributed by atoms with Gasteiger partial charge < -0.3 is 9.26 Å². The van der Waals surface area contributed by atoms with E-state index in [0.717, 1.165) is 18.2 Å². The third-order valence-electron chi connectivity index (χ3n) is 3.48.